The lowest BCUT2D eigenvalue weighted by Gasteiger charge is -2.30. The van der Waals surface area contributed by atoms with Gasteiger partial charge < -0.3 is 15.4 Å². The van der Waals surface area contributed by atoms with Gasteiger partial charge in [0.05, 0.1) is 16.2 Å². The molecule has 244 valence electrons. The van der Waals surface area contributed by atoms with Gasteiger partial charge >= 0.3 is 6.09 Å². The van der Waals surface area contributed by atoms with Crippen molar-refractivity contribution in [2.75, 3.05) is 10.0 Å². The number of carbonyl (C=O) groups excluding carboxylic acids is 1. The van der Waals surface area contributed by atoms with Crippen molar-refractivity contribution in [1.29, 1.82) is 0 Å². The number of aryl methyl sites for hydroxylation is 2. The third-order valence-corrected chi connectivity index (χ3v) is 9.67. The van der Waals surface area contributed by atoms with Gasteiger partial charge in [0.25, 0.3) is 10.0 Å². The molecule has 2 aromatic heterocycles. The Morgan fingerprint density at radius 1 is 0.978 bits per heavy atom. The Kier molecular flexibility index (Phi) is 9.97. The Bertz CT molecular complexity index is 1840. The Morgan fingerprint density at radius 3 is 2.35 bits per heavy atom. The molecule has 46 heavy (non-hydrogen) atoms. The van der Waals surface area contributed by atoms with E-state index in [1.807, 2.05) is 52.1 Å². The van der Waals surface area contributed by atoms with Crippen molar-refractivity contribution in [2.24, 2.45) is 0 Å². The summed E-state index contributed by atoms with van der Waals surface area (Å²) >= 11 is 6.14. The summed E-state index contributed by atoms with van der Waals surface area (Å²) in [6, 6.07) is 12.4. The molecule has 1 saturated carbocycles. The maximum Gasteiger partial charge on any atom is 0.407 e. The number of amides is 1. The SMILES string of the molecule is CCc1cc(-c2cc(CC)c3nc(NC4CCC(NC(=O)OC(C)(C)C)CC4)ncc3c2)nnc1NS(=O)(=O)c1ccccc1Cl. The van der Waals surface area contributed by atoms with Gasteiger partial charge in [0.1, 0.15) is 10.5 Å². The van der Waals surface area contributed by atoms with Crippen molar-refractivity contribution in [3.63, 3.8) is 0 Å². The molecule has 0 spiro atoms. The number of ether oxygens (including phenoxy) is 1. The topological polar surface area (TPSA) is 148 Å². The summed E-state index contributed by atoms with van der Waals surface area (Å²) in [6.45, 7) is 9.57. The van der Waals surface area contributed by atoms with Crippen molar-refractivity contribution in [3.8, 4) is 11.3 Å². The molecule has 1 fully saturated rings. The van der Waals surface area contributed by atoms with Crippen molar-refractivity contribution in [2.45, 2.75) is 95.7 Å². The number of halogens is 1. The van der Waals surface area contributed by atoms with Crippen molar-refractivity contribution >= 4 is 50.4 Å². The first-order chi connectivity index (χ1) is 21.8. The quantitative estimate of drug-likeness (QED) is 0.173. The van der Waals surface area contributed by atoms with E-state index < -0.39 is 15.6 Å². The van der Waals surface area contributed by atoms with Crippen LogP contribution in [0.25, 0.3) is 22.2 Å². The van der Waals surface area contributed by atoms with Crippen LogP contribution in [0.2, 0.25) is 5.02 Å². The normalized spacial score (nSPS) is 17.0. The summed E-state index contributed by atoms with van der Waals surface area (Å²) in [5.74, 6) is 0.734. The molecule has 3 N–H and O–H groups in total. The number of carbonyl (C=O) groups is 1. The maximum atomic E-state index is 13.0. The van der Waals surface area contributed by atoms with Crippen LogP contribution in [0.1, 0.15) is 71.4 Å². The van der Waals surface area contributed by atoms with Crippen molar-refractivity contribution in [1.82, 2.24) is 25.5 Å². The maximum absolute atomic E-state index is 13.0. The van der Waals surface area contributed by atoms with Crippen LogP contribution >= 0.6 is 11.6 Å². The van der Waals surface area contributed by atoms with E-state index in [1.54, 1.807) is 12.1 Å². The highest BCUT2D eigenvalue weighted by Crippen LogP contribution is 2.30. The van der Waals surface area contributed by atoms with E-state index >= 15 is 0 Å². The number of benzene rings is 2. The number of alkyl carbamates (subject to hydrolysis) is 1. The number of fused-ring (bicyclic) bond motifs is 1. The zero-order valence-corrected chi connectivity index (χ0v) is 28.3. The molecule has 1 aliphatic rings. The zero-order valence-electron chi connectivity index (χ0n) is 26.7. The molecule has 0 aliphatic heterocycles. The summed E-state index contributed by atoms with van der Waals surface area (Å²) in [6.07, 6.45) is 6.15. The second kappa shape index (κ2) is 13.8. The molecule has 0 saturated heterocycles. The van der Waals surface area contributed by atoms with Crippen LogP contribution in [-0.4, -0.2) is 52.4 Å². The fourth-order valence-electron chi connectivity index (χ4n) is 5.52. The summed E-state index contributed by atoms with van der Waals surface area (Å²) < 4.78 is 34.0. The molecule has 0 atom stereocenters. The van der Waals surface area contributed by atoms with E-state index in [4.69, 9.17) is 21.3 Å². The zero-order chi connectivity index (χ0) is 33.1. The van der Waals surface area contributed by atoms with Gasteiger partial charge in [-0.05, 0) is 101 Å². The summed E-state index contributed by atoms with van der Waals surface area (Å²) in [7, 11) is -3.95. The number of hydrogen-bond donors (Lipinski definition) is 3. The highest BCUT2D eigenvalue weighted by molar-refractivity contribution is 7.92. The molecule has 0 unspecified atom stereocenters. The molecule has 13 heteroatoms. The molecule has 1 aliphatic carbocycles. The first kappa shape index (κ1) is 33.3. The monoisotopic (exact) mass is 665 g/mol. The summed E-state index contributed by atoms with van der Waals surface area (Å²) in [4.78, 5) is 21.6. The first-order valence-corrected chi connectivity index (χ1v) is 17.4. The van der Waals surface area contributed by atoms with Crippen molar-refractivity contribution in [3.05, 3.63) is 64.8 Å². The summed E-state index contributed by atoms with van der Waals surface area (Å²) in [5, 5.41) is 16.1. The molecule has 1 amide bonds. The van der Waals surface area contributed by atoms with Gasteiger partial charge in [-0.15, -0.1) is 10.2 Å². The number of anilines is 2. The standard InChI is InChI=1S/C33H40ClN7O4S/c1-6-20-16-22(27-18-21(7-2)30(40-39-27)41-46(43,44)28-11-9-8-10-26(28)34)17-23-19-35-31(38-29(20)23)36-24-12-14-25(15-13-24)37-32(42)45-33(3,4)5/h8-11,16-19,24-25H,6-7,12-15H2,1-5H3,(H,37,42)(H,40,41)(H,35,36,38). The fourth-order valence-corrected chi connectivity index (χ4v) is 7.08. The largest absolute Gasteiger partial charge is 0.444 e. The number of nitrogens with zero attached hydrogens (tertiary/aromatic N) is 4. The fraction of sp³-hybridized carbons (Fsp3) is 0.424. The minimum absolute atomic E-state index is 0.0246. The smallest absolute Gasteiger partial charge is 0.407 e. The van der Waals surface area contributed by atoms with Gasteiger partial charge in [-0.2, -0.15) is 0 Å². The summed E-state index contributed by atoms with van der Waals surface area (Å²) in [5.41, 5.74) is 3.53. The van der Waals surface area contributed by atoms with E-state index in [0.29, 0.717) is 23.6 Å². The third-order valence-electron chi connectivity index (χ3n) is 7.83. The Morgan fingerprint density at radius 2 is 1.67 bits per heavy atom. The Labute approximate surface area is 275 Å². The molecular weight excluding hydrogens is 626 g/mol. The average molecular weight is 666 g/mol. The lowest BCUT2D eigenvalue weighted by atomic mass is 9.91. The highest BCUT2D eigenvalue weighted by Gasteiger charge is 2.26. The van der Waals surface area contributed by atoms with Gasteiger partial charge in [0, 0.05) is 29.2 Å². The van der Waals surface area contributed by atoms with E-state index in [9.17, 15) is 13.2 Å². The van der Waals surface area contributed by atoms with Gasteiger partial charge in [-0.1, -0.05) is 37.6 Å². The van der Waals surface area contributed by atoms with E-state index in [1.165, 1.54) is 12.1 Å². The van der Waals surface area contributed by atoms with E-state index in [-0.39, 0.29) is 33.9 Å². The minimum atomic E-state index is -3.95. The van der Waals surface area contributed by atoms with Crippen LogP contribution in [0.3, 0.4) is 0 Å². The van der Waals surface area contributed by atoms with Crippen LogP contribution in [0.4, 0.5) is 16.6 Å². The molecular formula is C33H40ClN7O4S. The minimum Gasteiger partial charge on any atom is -0.444 e. The number of aromatic nitrogens is 4. The molecule has 11 nitrogen and oxygen atoms in total. The Balaban J connectivity index is 1.30. The van der Waals surface area contributed by atoms with Crippen LogP contribution in [0.15, 0.2) is 53.6 Å². The lowest BCUT2D eigenvalue weighted by Crippen LogP contribution is -2.42. The van der Waals surface area contributed by atoms with E-state index in [0.717, 1.165) is 54.1 Å². The van der Waals surface area contributed by atoms with Crippen molar-refractivity contribution < 1.29 is 17.9 Å². The van der Waals surface area contributed by atoms with Gasteiger partial charge in [-0.3, -0.25) is 4.72 Å². The van der Waals surface area contributed by atoms with Crippen LogP contribution < -0.4 is 15.4 Å². The number of rotatable bonds is 9. The highest BCUT2D eigenvalue weighted by atomic mass is 35.5. The van der Waals surface area contributed by atoms with Crippen LogP contribution in [0.5, 0.6) is 0 Å². The third kappa shape index (κ3) is 8.03. The van der Waals surface area contributed by atoms with Gasteiger partial charge in [0.2, 0.25) is 5.95 Å². The lowest BCUT2D eigenvalue weighted by molar-refractivity contribution is 0.0492. The predicted octanol–water partition coefficient (Wildman–Crippen LogP) is 6.91. The predicted molar refractivity (Wildman–Crippen MR) is 181 cm³/mol. The number of sulfonamides is 1. The molecule has 0 radical (unpaired) electrons. The van der Waals surface area contributed by atoms with Gasteiger partial charge in [0.15, 0.2) is 5.82 Å². The van der Waals surface area contributed by atoms with Gasteiger partial charge in [-0.25, -0.2) is 23.2 Å². The molecule has 4 aromatic rings. The molecule has 2 aromatic carbocycles. The number of nitrogens with one attached hydrogen (secondary N) is 3. The van der Waals surface area contributed by atoms with Crippen LogP contribution in [0, 0.1) is 0 Å². The molecule has 5 rings (SSSR count). The Hall–Kier alpha value is -4.03. The van der Waals surface area contributed by atoms with Crippen LogP contribution in [-0.2, 0) is 27.6 Å². The first-order valence-electron chi connectivity index (χ1n) is 15.5. The van der Waals surface area contributed by atoms with E-state index in [2.05, 4.69) is 37.5 Å². The second-order valence-electron chi connectivity index (χ2n) is 12.5. The molecule has 0 bridgehead atoms. The molecule has 2 heterocycles. The number of hydrogen-bond acceptors (Lipinski definition) is 9. The average Bonchev–Trinajstić information content (AvgIpc) is 3.00. The second-order valence-corrected chi connectivity index (χ2v) is 14.5.